The number of nitrogens with zero attached hydrogens (tertiary/aromatic N) is 5. The zero-order chi connectivity index (χ0) is 24.7. The van der Waals surface area contributed by atoms with Gasteiger partial charge >= 0.3 is 6.36 Å². The number of hydrazone groups is 1. The molecule has 0 saturated heterocycles. The number of ether oxygens (including phenoxy) is 1. The number of thiocarbonyl (C=S) groups is 1. The first-order valence-corrected chi connectivity index (χ1v) is 10.8. The molecule has 0 amide bonds. The molecule has 0 bridgehead atoms. The van der Waals surface area contributed by atoms with Crippen molar-refractivity contribution in [1.82, 2.24) is 25.3 Å². The average molecular weight is 497 g/mol. The zero-order valence-electron chi connectivity index (χ0n) is 18.1. The summed E-state index contributed by atoms with van der Waals surface area (Å²) in [5, 5.41) is 10.5. The number of hydrogen-bond donors (Lipinski definition) is 1. The Morgan fingerprint density at radius 1 is 1.00 bits per heavy atom. The van der Waals surface area contributed by atoms with Crippen LogP contribution in [0.2, 0.25) is 0 Å². The molecule has 11 heteroatoms. The van der Waals surface area contributed by atoms with E-state index in [-0.39, 0.29) is 5.75 Å². The molecule has 0 aliphatic heterocycles. The van der Waals surface area contributed by atoms with E-state index in [1.54, 1.807) is 11.3 Å². The first-order valence-electron chi connectivity index (χ1n) is 10.3. The number of alkyl halides is 3. The summed E-state index contributed by atoms with van der Waals surface area (Å²) in [5.74, 6) is 0.166. The van der Waals surface area contributed by atoms with Crippen LogP contribution in [0.25, 0.3) is 17.1 Å². The monoisotopic (exact) mass is 496 g/mol. The van der Waals surface area contributed by atoms with E-state index in [0.29, 0.717) is 18.1 Å². The third kappa shape index (κ3) is 6.87. The highest BCUT2D eigenvalue weighted by Crippen LogP contribution is 2.24. The van der Waals surface area contributed by atoms with Gasteiger partial charge in [0.15, 0.2) is 5.82 Å². The van der Waals surface area contributed by atoms with Gasteiger partial charge in [-0.25, -0.2) is 14.8 Å². The average Bonchev–Trinajstić information content (AvgIpc) is 3.33. The van der Waals surface area contributed by atoms with Gasteiger partial charge < -0.3 is 4.74 Å². The first-order chi connectivity index (χ1) is 16.9. The van der Waals surface area contributed by atoms with Crippen LogP contribution in [-0.2, 0) is 6.54 Å². The number of nitrogens with one attached hydrogen (secondary N) is 1. The molecule has 0 aliphatic carbocycles. The lowest BCUT2D eigenvalue weighted by Gasteiger charge is -2.17. The molecule has 0 spiro atoms. The van der Waals surface area contributed by atoms with Crippen LogP contribution in [0.5, 0.6) is 5.75 Å². The molecular formula is C24H19F3N6OS. The van der Waals surface area contributed by atoms with Crippen molar-refractivity contribution in [3.63, 3.8) is 0 Å². The minimum absolute atomic E-state index is 0.304. The van der Waals surface area contributed by atoms with Gasteiger partial charge in [0.05, 0.1) is 23.9 Å². The van der Waals surface area contributed by atoms with Crippen molar-refractivity contribution in [3.05, 3.63) is 96.3 Å². The SMILES string of the molecule is FC(F)(F)Oc1ccc(-n2cnc(-c3ccc(C=NN(Cc4ccccc4)NC=S)cc3)n2)cc1. The molecule has 3 aromatic carbocycles. The van der Waals surface area contributed by atoms with Crippen LogP contribution in [0.1, 0.15) is 11.1 Å². The summed E-state index contributed by atoms with van der Waals surface area (Å²) in [7, 11) is 0. The second kappa shape index (κ2) is 10.8. The summed E-state index contributed by atoms with van der Waals surface area (Å²) in [6.07, 6.45) is -1.54. The molecule has 4 rings (SSSR count). The van der Waals surface area contributed by atoms with Crippen molar-refractivity contribution in [2.75, 3.05) is 0 Å². The third-order valence-electron chi connectivity index (χ3n) is 4.72. The molecule has 1 heterocycles. The lowest BCUT2D eigenvalue weighted by atomic mass is 10.1. The van der Waals surface area contributed by atoms with E-state index in [1.165, 1.54) is 40.8 Å². The van der Waals surface area contributed by atoms with Crippen LogP contribution in [0.4, 0.5) is 13.2 Å². The van der Waals surface area contributed by atoms with Gasteiger partial charge in [-0.15, -0.1) is 18.3 Å². The predicted octanol–water partition coefficient (Wildman–Crippen LogP) is 5.13. The molecule has 0 radical (unpaired) electrons. The molecule has 4 aromatic rings. The number of aromatic nitrogens is 3. The van der Waals surface area contributed by atoms with Gasteiger partial charge in [0.2, 0.25) is 0 Å². The Morgan fingerprint density at radius 3 is 2.37 bits per heavy atom. The fraction of sp³-hybridized carbons (Fsp3) is 0.0833. The van der Waals surface area contributed by atoms with Crippen LogP contribution in [0, 0.1) is 0 Å². The minimum atomic E-state index is -4.74. The van der Waals surface area contributed by atoms with E-state index in [1.807, 2.05) is 54.6 Å². The Morgan fingerprint density at radius 2 is 1.71 bits per heavy atom. The van der Waals surface area contributed by atoms with Gasteiger partial charge in [-0.2, -0.15) is 5.10 Å². The van der Waals surface area contributed by atoms with E-state index < -0.39 is 6.36 Å². The Balaban J connectivity index is 1.42. The highest BCUT2D eigenvalue weighted by Gasteiger charge is 2.31. The van der Waals surface area contributed by atoms with Crippen molar-refractivity contribution in [2.24, 2.45) is 5.10 Å². The number of benzene rings is 3. The minimum Gasteiger partial charge on any atom is -0.406 e. The smallest absolute Gasteiger partial charge is 0.406 e. The van der Waals surface area contributed by atoms with Crippen molar-refractivity contribution >= 4 is 23.9 Å². The van der Waals surface area contributed by atoms with Crippen LogP contribution in [0.15, 0.2) is 90.3 Å². The molecule has 0 unspecified atom stereocenters. The quantitative estimate of drug-likeness (QED) is 0.197. The predicted molar refractivity (Wildman–Crippen MR) is 130 cm³/mol. The van der Waals surface area contributed by atoms with Gasteiger partial charge in [0, 0.05) is 5.56 Å². The molecule has 1 aromatic heterocycles. The number of halogens is 3. The lowest BCUT2D eigenvalue weighted by Crippen LogP contribution is -2.31. The molecule has 7 nitrogen and oxygen atoms in total. The van der Waals surface area contributed by atoms with Crippen LogP contribution >= 0.6 is 12.2 Å². The maximum Gasteiger partial charge on any atom is 0.573 e. The molecule has 0 aliphatic rings. The lowest BCUT2D eigenvalue weighted by molar-refractivity contribution is -0.274. The normalized spacial score (nSPS) is 11.4. The van der Waals surface area contributed by atoms with E-state index >= 15 is 0 Å². The van der Waals surface area contributed by atoms with Gasteiger partial charge in [0.1, 0.15) is 12.1 Å². The summed E-state index contributed by atoms with van der Waals surface area (Å²) in [5.41, 5.74) is 7.56. The topological polar surface area (TPSA) is 67.6 Å². The molecule has 178 valence electrons. The van der Waals surface area contributed by atoms with E-state index in [2.05, 4.69) is 25.3 Å². The molecular weight excluding hydrogens is 477 g/mol. The van der Waals surface area contributed by atoms with E-state index in [0.717, 1.165) is 16.7 Å². The van der Waals surface area contributed by atoms with Crippen molar-refractivity contribution in [1.29, 1.82) is 0 Å². The zero-order valence-corrected chi connectivity index (χ0v) is 18.9. The first kappa shape index (κ1) is 23.9. The Kier molecular flexibility index (Phi) is 7.36. The van der Waals surface area contributed by atoms with Crippen molar-refractivity contribution < 1.29 is 17.9 Å². The summed E-state index contributed by atoms with van der Waals surface area (Å²) < 4.78 is 42.3. The van der Waals surface area contributed by atoms with Gasteiger partial charge in [-0.05, 0) is 35.4 Å². The van der Waals surface area contributed by atoms with Crippen molar-refractivity contribution in [3.8, 4) is 22.8 Å². The second-order valence-corrected chi connectivity index (χ2v) is 7.45. The fourth-order valence-electron chi connectivity index (χ4n) is 3.11. The second-order valence-electron chi connectivity index (χ2n) is 7.21. The maximum absolute atomic E-state index is 12.3. The molecule has 35 heavy (non-hydrogen) atoms. The van der Waals surface area contributed by atoms with Gasteiger partial charge in [0.25, 0.3) is 0 Å². The van der Waals surface area contributed by atoms with Crippen molar-refractivity contribution in [2.45, 2.75) is 12.9 Å². The van der Waals surface area contributed by atoms with Crippen LogP contribution in [-0.4, -0.2) is 38.0 Å². The fourth-order valence-corrected chi connectivity index (χ4v) is 3.23. The molecule has 0 atom stereocenters. The highest BCUT2D eigenvalue weighted by molar-refractivity contribution is 7.78. The molecule has 0 fully saturated rings. The van der Waals surface area contributed by atoms with Gasteiger partial charge in [-0.3, -0.25) is 5.43 Å². The summed E-state index contributed by atoms with van der Waals surface area (Å²) in [4.78, 5) is 4.29. The van der Waals surface area contributed by atoms with Gasteiger partial charge in [-0.1, -0.05) is 66.8 Å². The molecule has 1 N–H and O–H groups in total. The summed E-state index contributed by atoms with van der Waals surface area (Å²) in [6, 6.07) is 22.7. The Bertz CT molecular complexity index is 1280. The number of hydrogen-bond acceptors (Lipinski definition) is 6. The summed E-state index contributed by atoms with van der Waals surface area (Å²) in [6.45, 7) is 0.535. The number of rotatable bonds is 9. The maximum atomic E-state index is 12.3. The van der Waals surface area contributed by atoms with E-state index in [9.17, 15) is 13.2 Å². The Hall–Kier alpha value is -4.25. The van der Waals surface area contributed by atoms with Crippen LogP contribution < -0.4 is 10.2 Å². The Labute approximate surface area is 204 Å². The molecule has 0 saturated carbocycles. The van der Waals surface area contributed by atoms with E-state index in [4.69, 9.17) is 12.2 Å². The number of hydrazine groups is 1. The third-order valence-corrected chi connectivity index (χ3v) is 4.82. The standard InChI is InChI=1S/C24H19F3N6OS/c25-24(26,27)34-22-12-10-21(11-13-22)32-16-28-23(31-32)20-8-6-18(7-9-20)14-29-33(30-17-35)15-19-4-2-1-3-5-19/h1-14,16-17H,15H2,(H,30,35). The summed E-state index contributed by atoms with van der Waals surface area (Å²) >= 11 is 4.89. The highest BCUT2D eigenvalue weighted by atomic mass is 32.1. The van der Waals surface area contributed by atoms with Crippen LogP contribution in [0.3, 0.4) is 0 Å². The largest absolute Gasteiger partial charge is 0.573 e.